The molecule has 0 bridgehead atoms. The van der Waals surface area contributed by atoms with Crippen molar-refractivity contribution >= 4 is 29.3 Å². The van der Waals surface area contributed by atoms with E-state index in [1.54, 1.807) is 11.8 Å². The number of ether oxygens (including phenoxy) is 1. The van der Waals surface area contributed by atoms with Crippen LogP contribution < -0.4 is 5.32 Å². The third kappa shape index (κ3) is 4.65. The highest BCUT2D eigenvalue weighted by Gasteiger charge is 2.32. The predicted octanol–water partition coefficient (Wildman–Crippen LogP) is 3.41. The zero-order valence-electron chi connectivity index (χ0n) is 14.7. The Balaban J connectivity index is 1.68. The van der Waals surface area contributed by atoms with E-state index in [0.717, 1.165) is 15.5 Å². The molecule has 2 aromatic rings. The third-order valence-corrected chi connectivity index (χ3v) is 5.34. The van der Waals surface area contributed by atoms with Gasteiger partial charge in [-0.1, -0.05) is 49.0 Å². The van der Waals surface area contributed by atoms with E-state index in [4.69, 9.17) is 4.74 Å². The summed E-state index contributed by atoms with van der Waals surface area (Å²) in [6, 6.07) is 17.2. The van der Waals surface area contributed by atoms with Gasteiger partial charge in [0, 0.05) is 16.3 Å². The lowest BCUT2D eigenvalue weighted by Gasteiger charge is -2.32. The summed E-state index contributed by atoms with van der Waals surface area (Å²) in [6.07, 6.45) is 0.0943. The van der Waals surface area contributed by atoms with Crippen LogP contribution in [0.5, 0.6) is 0 Å². The number of nitrogens with zero attached hydrogens (tertiary/aromatic N) is 1. The van der Waals surface area contributed by atoms with E-state index in [2.05, 4.69) is 5.32 Å². The van der Waals surface area contributed by atoms with Crippen molar-refractivity contribution in [3.63, 3.8) is 0 Å². The van der Waals surface area contributed by atoms with Crippen molar-refractivity contribution < 1.29 is 14.3 Å². The summed E-state index contributed by atoms with van der Waals surface area (Å²) in [5, 5.41) is 2.95. The fraction of sp³-hybridized carbons (Fsp3) is 0.300. The number of anilines is 1. The van der Waals surface area contributed by atoms with Crippen molar-refractivity contribution in [1.82, 2.24) is 4.90 Å². The summed E-state index contributed by atoms with van der Waals surface area (Å²) >= 11 is 1.59. The van der Waals surface area contributed by atoms with Crippen LogP contribution in [0.1, 0.15) is 13.3 Å². The van der Waals surface area contributed by atoms with Crippen LogP contribution in [0.2, 0.25) is 0 Å². The van der Waals surface area contributed by atoms with Gasteiger partial charge in [0.05, 0.1) is 12.1 Å². The smallest absolute Gasteiger partial charge is 0.323 e. The molecule has 6 heteroatoms. The molecule has 5 nitrogen and oxygen atoms in total. The number of carbonyl (C=O) groups is 2. The number of likely N-dealkylation sites (N-methyl/N-ethyl adjacent to an activating group) is 1. The maximum absolute atomic E-state index is 12.5. The van der Waals surface area contributed by atoms with Crippen molar-refractivity contribution in [3.8, 4) is 0 Å². The van der Waals surface area contributed by atoms with Gasteiger partial charge in [0.25, 0.3) is 0 Å². The summed E-state index contributed by atoms with van der Waals surface area (Å²) in [4.78, 5) is 28.6. The van der Waals surface area contributed by atoms with Gasteiger partial charge in [0.1, 0.15) is 12.6 Å². The Morgan fingerprint density at radius 3 is 2.69 bits per heavy atom. The molecule has 2 aromatic carbocycles. The van der Waals surface area contributed by atoms with Crippen molar-refractivity contribution in [2.24, 2.45) is 0 Å². The lowest BCUT2D eigenvalue weighted by atomic mass is 10.1. The largest absolute Gasteiger partial charge is 0.463 e. The first-order valence-corrected chi connectivity index (χ1v) is 9.51. The molecule has 1 aliphatic heterocycles. The van der Waals surface area contributed by atoms with Crippen molar-refractivity contribution in [1.29, 1.82) is 0 Å². The first kappa shape index (κ1) is 18.5. The normalized spacial score (nSPS) is 17.6. The molecule has 1 N–H and O–H groups in total. The summed E-state index contributed by atoms with van der Waals surface area (Å²) in [7, 11) is 0. The second kappa shape index (κ2) is 8.87. The highest BCUT2D eigenvalue weighted by Crippen LogP contribution is 2.33. The molecule has 1 atom stereocenters. The van der Waals surface area contributed by atoms with Gasteiger partial charge in [-0.05, 0) is 30.8 Å². The Hall–Kier alpha value is -2.31. The van der Waals surface area contributed by atoms with Crippen LogP contribution in [0, 0.1) is 0 Å². The molecule has 0 aliphatic carbocycles. The van der Waals surface area contributed by atoms with E-state index in [1.807, 2.05) is 66.4 Å². The van der Waals surface area contributed by atoms with Crippen LogP contribution in [0.15, 0.2) is 64.4 Å². The molecule has 3 rings (SSSR count). The summed E-state index contributed by atoms with van der Waals surface area (Å²) in [5.74, 6) is -0.506. The molecular weight excluding hydrogens is 348 g/mol. The lowest BCUT2D eigenvalue weighted by Crippen LogP contribution is -2.50. The number of carbonyl (C=O) groups excluding carboxylic acids is 2. The van der Waals surface area contributed by atoms with Crippen LogP contribution in [0.25, 0.3) is 0 Å². The summed E-state index contributed by atoms with van der Waals surface area (Å²) in [5.41, 5.74) is 0.749. The Kier molecular flexibility index (Phi) is 6.30. The molecule has 1 aliphatic rings. The second-order valence-electron chi connectivity index (χ2n) is 5.98. The highest BCUT2D eigenvalue weighted by atomic mass is 32.2. The first-order valence-electron chi connectivity index (χ1n) is 8.70. The molecule has 1 amide bonds. The van der Waals surface area contributed by atoms with Crippen LogP contribution in [-0.2, 0) is 14.3 Å². The molecule has 26 heavy (non-hydrogen) atoms. The predicted molar refractivity (Wildman–Crippen MR) is 102 cm³/mol. The van der Waals surface area contributed by atoms with E-state index >= 15 is 0 Å². The van der Waals surface area contributed by atoms with Gasteiger partial charge in [0.15, 0.2) is 0 Å². The fourth-order valence-electron chi connectivity index (χ4n) is 2.91. The van der Waals surface area contributed by atoms with Gasteiger partial charge in [-0.2, -0.15) is 0 Å². The van der Waals surface area contributed by atoms with Gasteiger partial charge in [0.2, 0.25) is 5.91 Å². The Bertz CT molecular complexity index is 767. The first-order chi connectivity index (χ1) is 12.7. The number of esters is 1. The average Bonchev–Trinajstić information content (AvgIpc) is 2.66. The molecule has 1 fully saturated rings. The molecule has 1 heterocycles. The van der Waals surface area contributed by atoms with Crippen LogP contribution in [0.4, 0.5) is 5.69 Å². The summed E-state index contributed by atoms with van der Waals surface area (Å²) < 4.78 is 5.11. The molecular formula is C20H22N2O3S. The van der Waals surface area contributed by atoms with Crippen molar-refractivity contribution in [2.45, 2.75) is 29.2 Å². The average molecular weight is 370 g/mol. The van der Waals surface area contributed by atoms with Crippen LogP contribution >= 0.6 is 11.8 Å². The Labute approximate surface area is 157 Å². The third-order valence-electron chi connectivity index (χ3n) is 4.25. The zero-order valence-corrected chi connectivity index (χ0v) is 15.5. The van der Waals surface area contributed by atoms with Crippen molar-refractivity contribution in [2.75, 3.05) is 25.0 Å². The SMILES string of the molecule is CCN1CCOC(=O)[C@H]1CC(=O)Nc1ccccc1Sc1ccccc1. The van der Waals surface area contributed by atoms with Gasteiger partial charge in [-0.15, -0.1) is 0 Å². The monoisotopic (exact) mass is 370 g/mol. The molecule has 0 unspecified atom stereocenters. The minimum Gasteiger partial charge on any atom is -0.463 e. The number of hydrogen-bond acceptors (Lipinski definition) is 5. The van der Waals surface area contributed by atoms with E-state index < -0.39 is 6.04 Å². The number of cyclic esters (lactones) is 1. The van der Waals surface area contributed by atoms with Gasteiger partial charge >= 0.3 is 5.97 Å². The number of benzene rings is 2. The number of hydrogen-bond donors (Lipinski definition) is 1. The summed E-state index contributed by atoms with van der Waals surface area (Å²) in [6.45, 7) is 3.75. The van der Waals surface area contributed by atoms with E-state index in [0.29, 0.717) is 19.7 Å². The topological polar surface area (TPSA) is 58.6 Å². The number of morpholine rings is 1. The molecule has 0 spiro atoms. The van der Waals surface area contributed by atoms with E-state index in [9.17, 15) is 9.59 Å². The quantitative estimate of drug-likeness (QED) is 0.790. The number of rotatable bonds is 6. The standard InChI is InChI=1S/C20H22N2O3S/c1-2-22-12-13-25-20(24)17(22)14-19(23)21-16-10-6-7-11-18(16)26-15-8-4-3-5-9-15/h3-11,17H,2,12-14H2,1H3,(H,21,23)/t17-/m1/s1. The Morgan fingerprint density at radius 2 is 1.92 bits per heavy atom. The number of nitrogens with one attached hydrogen (secondary N) is 1. The molecule has 0 saturated carbocycles. The van der Waals surface area contributed by atoms with Gasteiger partial charge in [-0.25, -0.2) is 0 Å². The molecule has 0 radical (unpaired) electrons. The molecule has 0 aromatic heterocycles. The van der Waals surface area contributed by atoms with Gasteiger partial charge in [-0.3, -0.25) is 14.5 Å². The van der Waals surface area contributed by atoms with E-state index in [-0.39, 0.29) is 18.3 Å². The zero-order chi connectivity index (χ0) is 18.4. The van der Waals surface area contributed by atoms with Crippen LogP contribution in [-0.4, -0.2) is 42.5 Å². The Morgan fingerprint density at radius 1 is 1.19 bits per heavy atom. The van der Waals surface area contributed by atoms with Crippen LogP contribution in [0.3, 0.4) is 0 Å². The second-order valence-corrected chi connectivity index (χ2v) is 7.09. The highest BCUT2D eigenvalue weighted by molar-refractivity contribution is 7.99. The number of para-hydroxylation sites is 1. The van der Waals surface area contributed by atoms with E-state index in [1.165, 1.54) is 0 Å². The van der Waals surface area contributed by atoms with Gasteiger partial charge < -0.3 is 10.1 Å². The fourth-order valence-corrected chi connectivity index (χ4v) is 3.83. The minimum atomic E-state index is -0.511. The molecule has 1 saturated heterocycles. The lowest BCUT2D eigenvalue weighted by molar-refractivity contribution is -0.158. The number of amides is 1. The van der Waals surface area contributed by atoms with Crippen molar-refractivity contribution in [3.05, 3.63) is 54.6 Å². The molecule has 136 valence electrons. The maximum atomic E-state index is 12.5. The maximum Gasteiger partial charge on any atom is 0.323 e. The minimum absolute atomic E-state index is 0.0943.